The van der Waals surface area contributed by atoms with Gasteiger partial charge in [0.05, 0.1) is 39.4 Å². The van der Waals surface area contributed by atoms with Gasteiger partial charge in [0.1, 0.15) is 11.4 Å². The number of nitrogens with one attached hydrogen (secondary N) is 1. The molecule has 3 atom stereocenters. The Hall–Kier alpha value is -2.81. The van der Waals surface area contributed by atoms with Gasteiger partial charge in [-0.3, -0.25) is 14.6 Å². The lowest BCUT2D eigenvalue weighted by Gasteiger charge is -2.27. The molecule has 3 rings (SSSR count). The average molecular weight is 535 g/mol. The minimum atomic E-state index is -1.49. The molecular formula is C26H29Cl2FN4O3. The molecule has 0 fully saturated rings. The van der Waals surface area contributed by atoms with Crippen LogP contribution in [0.2, 0.25) is 10.0 Å². The Morgan fingerprint density at radius 1 is 1.14 bits per heavy atom. The highest BCUT2D eigenvalue weighted by molar-refractivity contribution is 6.42. The normalized spacial score (nSPS) is 14.3. The summed E-state index contributed by atoms with van der Waals surface area (Å²) < 4.78 is 14.0. The zero-order valence-corrected chi connectivity index (χ0v) is 21.6. The van der Waals surface area contributed by atoms with E-state index >= 15 is 0 Å². The number of rotatable bonds is 11. The number of aromatic nitrogens is 2. The van der Waals surface area contributed by atoms with Gasteiger partial charge in [0.2, 0.25) is 5.91 Å². The van der Waals surface area contributed by atoms with E-state index in [1.54, 1.807) is 36.4 Å². The van der Waals surface area contributed by atoms with Gasteiger partial charge in [0.25, 0.3) is 5.91 Å². The summed E-state index contributed by atoms with van der Waals surface area (Å²) in [6.45, 7) is 2.83. The Morgan fingerprint density at radius 3 is 2.47 bits per heavy atom. The number of halogens is 3. The standard InChI is InChI=1S/C26H29Cl2FN4O3/c1-26(2,29)10-9-16(24(30)35)13-23(34)21(12-15-7-8-17(27)18(28)11-15)33-25(36)22-14-31-19-5-3-4-6-20(19)32-22/h3-8,11,14,16,21,23,34H,9-10,12-13H2,1-2H3,(H2,30,35)(H,33,36)/t16-,21+,23+/m1/s1. The summed E-state index contributed by atoms with van der Waals surface area (Å²) in [5.41, 5.74) is 6.03. The number of benzene rings is 2. The molecule has 0 aliphatic carbocycles. The van der Waals surface area contributed by atoms with Crippen LogP contribution < -0.4 is 11.1 Å². The number of carbonyl (C=O) groups is 2. The van der Waals surface area contributed by atoms with Gasteiger partial charge >= 0.3 is 0 Å². The minimum absolute atomic E-state index is 0.0545. The fourth-order valence-corrected chi connectivity index (χ4v) is 4.18. The third-order valence-corrected chi connectivity index (χ3v) is 6.66. The van der Waals surface area contributed by atoms with Gasteiger partial charge in [-0.1, -0.05) is 41.4 Å². The summed E-state index contributed by atoms with van der Waals surface area (Å²) in [4.78, 5) is 33.7. The summed E-state index contributed by atoms with van der Waals surface area (Å²) >= 11 is 12.2. The summed E-state index contributed by atoms with van der Waals surface area (Å²) in [7, 11) is 0. The van der Waals surface area contributed by atoms with Gasteiger partial charge in [-0.05, 0) is 69.4 Å². The van der Waals surface area contributed by atoms with Crippen LogP contribution in [0.15, 0.2) is 48.7 Å². The van der Waals surface area contributed by atoms with Gasteiger partial charge in [-0.2, -0.15) is 0 Å². The number of hydrogen-bond donors (Lipinski definition) is 3. The minimum Gasteiger partial charge on any atom is -0.391 e. The number of fused-ring (bicyclic) bond motifs is 1. The van der Waals surface area contributed by atoms with E-state index in [1.165, 1.54) is 20.0 Å². The number of nitrogens with zero attached hydrogens (tertiary/aromatic N) is 2. The van der Waals surface area contributed by atoms with Gasteiger partial charge < -0.3 is 16.2 Å². The summed E-state index contributed by atoms with van der Waals surface area (Å²) in [5, 5.41) is 14.6. The second kappa shape index (κ2) is 12.0. The molecular weight excluding hydrogens is 506 g/mol. The molecule has 10 heteroatoms. The molecule has 1 aromatic heterocycles. The predicted molar refractivity (Wildman–Crippen MR) is 139 cm³/mol. The van der Waals surface area contributed by atoms with Crippen LogP contribution in [0, 0.1) is 5.92 Å². The first kappa shape index (κ1) is 27.8. The molecule has 0 bridgehead atoms. The molecule has 0 saturated carbocycles. The molecule has 0 aliphatic heterocycles. The molecule has 0 radical (unpaired) electrons. The number of primary amides is 1. The fourth-order valence-electron chi connectivity index (χ4n) is 3.86. The molecule has 0 unspecified atom stereocenters. The lowest BCUT2D eigenvalue weighted by molar-refractivity contribution is -0.123. The third-order valence-electron chi connectivity index (χ3n) is 5.92. The Kier molecular flexibility index (Phi) is 9.22. The maximum atomic E-state index is 14.0. The van der Waals surface area contributed by atoms with E-state index in [0.717, 1.165) is 0 Å². The van der Waals surface area contributed by atoms with Crippen LogP contribution in [0.4, 0.5) is 4.39 Å². The van der Waals surface area contributed by atoms with Crippen molar-refractivity contribution in [3.8, 4) is 0 Å². The Balaban J connectivity index is 1.83. The number of aliphatic hydroxyl groups excluding tert-OH is 1. The highest BCUT2D eigenvalue weighted by Crippen LogP contribution is 2.26. The van der Waals surface area contributed by atoms with E-state index in [2.05, 4.69) is 15.3 Å². The van der Waals surface area contributed by atoms with Gasteiger partial charge in [0.15, 0.2) is 0 Å². The Labute approximate surface area is 219 Å². The SMILES string of the molecule is CC(C)(F)CC[C@H](C[C@H](O)[C@H](Cc1ccc(Cl)c(Cl)c1)NC(=O)c1cnc2ccccc2n1)C(N)=O. The highest BCUT2D eigenvalue weighted by Gasteiger charge is 2.30. The quantitative estimate of drug-likeness (QED) is 0.330. The number of para-hydroxylation sites is 2. The first-order valence-electron chi connectivity index (χ1n) is 11.6. The van der Waals surface area contributed by atoms with Crippen LogP contribution in [0.25, 0.3) is 11.0 Å². The molecule has 36 heavy (non-hydrogen) atoms. The van der Waals surface area contributed by atoms with Crippen molar-refractivity contribution in [3.05, 3.63) is 70.0 Å². The lowest BCUT2D eigenvalue weighted by atomic mass is 9.88. The van der Waals surface area contributed by atoms with Crippen molar-refractivity contribution < 1.29 is 19.1 Å². The van der Waals surface area contributed by atoms with Crippen LogP contribution in [0.3, 0.4) is 0 Å². The van der Waals surface area contributed by atoms with E-state index in [-0.39, 0.29) is 31.4 Å². The van der Waals surface area contributed by atoms with Crippen LogP contribution in [0.5, 0.6) is 0 Å². The number of aliphatic hydroxyl groups is 1. The smallest absolute Gasteiger partial charge is 0.271 e. The summed E-state index contributed by atoms with van der Waals surface area (Å²) in [6, 6.07) is 11.3. The van der Waals surface area contributed by atoms with E-state index in [4.69, 9.17) is 28.9 Å². The highest BCUT2D eigenvalue weighted by atomic mass is 35.5. The Morgan fingerprint density at radius 2 is 1.83 bits per heavy atom. The summed E-state index contributed by atoms with van der Waals surface area (Å²) in [6.07, 6.45) is 0.586. The van der Waals surface area contributed by atoms with Crippen LogP contribution in [-0.2, 0) is 11.2 Å². The third kappa shape index (κ3) is 7.85. The van der Waals surface area contributed by atoms with Crippen molar-refractivity contribution in [1.29, 1.82) is 0 Å². The van der Waals surface area contributed by atoms with Gasteiger partial charge in [-0.15, -0.1) is 0 Å². The largest absolute Gasteiger partial charge is 0.391 e. The van der Waals surface area contributed by atoms with Crippen molar-refractivity contribution in [2.75, 3.05) is 0 Å². The second-order valence-corrected chi connectivity index (χ2v) is 10.3. The molecule has 0 spiro atoms. The molecule has 192 valence electrons. The van der Waals surface area contributed by atoms with Crippen molar-refractivity contribution >= 4 is 46.0 Å². The molecule has 2 aromatic carbocycles. The maximum Gasteiger partial charge on any atom is 0.271 e. The fraction of sp³-hybridized carbons (Fsp3) is 0.385. The van der Waals surface area contributed by atoms with Crippen molar-refractivity contribution in [2.45, 2.75) is 57.3 Å². The second-order valence-electron chi connectivity index (χ2n) is 9.44. The maximum absolute atomic E-state index is 14.0. The van der Waals surface area contributed by atoms with E-state index in [1.807, 2.05) is 6.07 Å². The number of alkyl halides is 1. The molecule has 1 heterocycles. The van der Waals surface area contributed by atoms with Crippen LogP contribution >= 0.6 is 23.2 Å². The molecule has 4 N–H and O–H groups in total. The number of amides is 2. The Bertz CT molecular complexity index is 1240. The van der Waals surface area contributed by atoms with E-state index in [0.29, 0.717) is 26.6 Å². The van der Waals surface area contributed by atoms with E-state index in [9.17, 15) is 19.1 Å². The zero-order valence-electron chi connectivity index (χ0n) is 20.0. The van der Waals surface area contributed by atoms with Crippen LogP contribution in [-0.4, -0.2) is 44.7 Å². The van der Waals surface area contributed by atoms with E-state index < -0.39 is 35.5 Å². The number of carbonyl (C=O) groups excluding carboxylic acids is 2. The first-order valence-corrected chi connectivity index (χ1v) is 12.3. The number of nitrogens with two attached hydrogens (primary N) is 1. The lowest BCUT2D eigenvalue weighted by Crippen LogP contribution is -2.46. The first-order chi connectivity index (χ1) is 16.9. The van der Waals surface area contributed by atoms with Crippen molar-refractivity contribution in [2.24, 2.45) is 11.7 Å². The number of hydrogen-bond acceptors (Lipinski definition) is 5. The molecule has 3 aromatic rings. The van der Waals surface area contributed by atoms with Crippen molar-refractivity contribution in [3.63, 3.8) is 0 Å². The van der Waals surface area contributed by atoms with Crippen molar-refractivity contribution in [1.82, 2.24) is 15.3 Å². The topological polar surface area (TPSA) is 118 Å². The average Bonchev–Trinajstić information content (AvgIpc) is 2.82. The monoisotopic (exact) mass is 534 g/mol. The summed E-state index contributed by atoms with van der Waals surface area (Å²) in [5.74, 6) is -1.96. The predicted octanol–water partition coefficient (Wildman–Crippen LogP) is 4.66. The van der Waals surface area contributed by atoms with Gasteiger partial charge in [-0.25, -0.2) is 9.37 Å². The van der Waals surface area contributed by atoms with Gasteiger partial charge in [0, 0.05) is 5.92 Å². The molecule has 0 saturated heterocycles. The zero-order chi connectivity index (χ0) is 26.5. The molecule has 0 aliphatic rings. The van der Waals surface area contributed by atoms with Crippen LogP contribution in [0.1, 0.15) is 49.2 Å². The molecule has 7 nitrogen and oxygen atoms in total. The molecule has 2 amide bonds.